The van der Waals surface area contributed by atoms with Gasteiger partial charge in [-0.3, -0.25) is 47.9 Å². The standard InChI is InChI=1S/C26H33N11O4.C14H25N3O2.C10H17NO.C6H6.C4H10N2O/c1-35(34-41)24(19-9-3-2-4-10-19)21-17-37(33-31-21)14-8-6-12-29-23-22(25(39)26(23)40)28-11-5-7-13-36-16-20(30-32-36)15-27-18-38;1-10-7-8-11-5-3-4-6-12(14(19)17(10)11)16-13(18)9-15-2;12-10-7-3-1-2-5-9-6-4-8-11(9)10;1-2-4-6-5-3-1;1-3(6-2)4(5)7/h2-4,9-10,16-18,24,28-29H,5-8,11-15H2,1H3,(H,27,38);10-12,15H,3-9H2,1-2H3,(H,16,18);9H,1-8H2;1-6H;3,6H,1-2H3,(H2,5,7). The summed E-state index contributed by atoms with van der Waals surface area (Å²) < 4.78 is 3.42. The minimum atomic E-state index is -0.507. The molecule has 25 heteroatoms. The summed E-state index contributed by atoms with van der Waals surface area (Å²) in [7, 11) is 5.03. The highest BCUT2D eigenvalue weighted by Crippen LogP contribution is 2.31. The number of aryl methyl sites for hydroxylation is 2. The van der Waals surface area contributed by atoms with E-state index in [-0.39, 0.29) is 36.3 Å². The normalized spacial score (nSPS) is 18.8. The molecule has 5 amide bonds. The molecule has 464 valence electrons. The van der Waals surface area contributed by atoms with Gasteiger partial charge >= 0.3 is 0 Å². The minimum Gasteiger partial charge on any atom is -0.380 e. The first-order valence-corrected chi connectivity index (χ1v) is 30.1. The fourth-order valence-corrected chi connectivity index (χ4v) is 10.7. The zero-order valence-electron chi connectivity index (χ0n) is 50.3. The number of nitrogens with two attached hydrogens (primary N) is 1. The van der Waals surface area contributed by atoms with Crippen molar-refractivity contribution in [3.05, 3.63) is 121 Å². The predicted octanol–water partition coefficient (Wildman–Crippen LogP) is 4.55. The first-order chi connectivity index (χ1) is 41.2. The largest absolute Gasteiger partial charge is 0.380 e. The third kappa shape index (κ3) is 22.2. The molecular formula is C60H91N17O8. The Morgan fingerprint density at radius 3 is 1.94 bits per heavy atom. The molecular weight excluding hydrogens is 1090 g/mol. The minimum absolute atomic E-state index is 0.0928. The van der Waals surface area contributed by atoms with Crippen molar-refractivity contribution >= 4 is 41.4 Å². The van der Waals surface area contributed by atoms with E-state index in [0.717, 1.165) is 89.2 Å². The summed E-state index contributed by atoms with van der Waals surface area (Å²) in [6, 6.07) is 21.9. The molecule has 4 fully saturated rings. The molecule has 6 unspecified atom stereocenters. The lowest BCUT2D eigenvalue weighted by Crippen LogP contribution is -2.53. The van der Waals surface area contributed by atoms with Crippen molar-refractivity contribution in [2.45, 2.75) is 179 Å². The zero-order chi connectivity index (χ0) is 61.3. The number of benzene rings is 2. The number of rotatable bonds is 24. The van der Waals surface area contributed by atoms with Crippen LogP contribution in [0.1, 0.15) is 146 Å². The summed E-state index contributed by atoms with van der Waals surface area (Å²) >= 11 is 0. The fourth-order valence-electron chi connectivity index (χ4n) is 10.7. The van der Waals surface area contributed by atoms with Crippen LogP contribution in [-0.2, 0) is 43.6 Å². The third-order valence-corrected chi connectivity index (χ3v) is 15.5. The van der Waals surface area contributed by atoms with E-state index in [1.807, 2.05) is 71.6 Å². The summed E-state index contributed by atoms with van der Waals surface area (Å²) in [6.45, 7) is 7.78. The number of hydrogen-bond acceptors (Lipinski definition) is 17. The molecule has 0 aliphatic carbocycles. The van der Waals surface area contributed by atoms with Gasteiger partial charge in [-0.15, -0.1) is 15.1 Å². The Hall–Kier alpha value is -7.93. The van der Waals surface area contributed by atoms with Crippen molar-refractivity contribution in [1.29, 1.82) is 0 Å². The molecule has 5 aromatic rings. The van der Waals surface area contributed by atoms with Crippen molar-refractivity contribution < 1.29 is 24.0 Å². The second-order valence-electron chi connectivity index (χ2n) is 21.8. The highest BCUT2D eigenvalue weighted by Gasteiger charge is 2.39. The number of nitroso groups, excluding NO2 is 1. The van der Waals surface area contributed by atoms with E-state index in [4.69, 9.17) is 5.73 Å². The first kappa shape index (κ1) is 67.9. The molecule has 8 N–H and O–H groups in total. The number of unbranched alkanes of at least 4 members (excludes halogenated alkanes) is 2. The Morgan fingerprint density at radius 1 is 0.753 bits per heavy atom. The summed E-state index contributed by atoms with van der Waals surface area (Å²) in [6.07, 6.45) is 21.8. The summed E-state index contributed by atoms with van der Waals surface area (Å²) in [4.78, 5) is 95.8. The quantitative estimate of drug-likeness (QED) is 0.0146. The molecule has 85 heavy (non-hydrogen) atoms. The van der Waals surface area contributed by atoms with E-state index in [9.17, 15) is 38.5 Å². The maximum absolute atomic E-state index is 12.6. The highest BCUT2D eigenvalue weighted by molar-refractivity contribution is 5.89. The molecule has 4 aliphatic heterocycles. The van der Waals surface area contributed by atoms with E-state index >= 15 is 0 Å². The average molecular weight is 1180 g/mol. The van der Waals surface area contributed by atoms with Gasteiger partial charge in [0.25, 0.3) is 10.9 Å². The Balaban J connectivity index is 0.000000242. The van der Waals surface area contributed by atoms with E-state index in [1.54, 1.807) is 49.8 Å². The number of nitrogens with one attached hydrogen (secondary N) is 6. The molecule has 4 aliphatic rings. The lowest BCUT2D eigenvalue weighted by molar-refractivity contribution is -0.139. The zero-order valence-corrected chi connectivity index (χ0v) is 50.3. The number of fused-ring (bicyclic) bond motifs is 2. The third-order valence-electron chi connectivity index (χ3n) is 15.5. The van der Waals surface area contributed by atoms with E-state index in [1.165, 1.54) is 37.1 Å². The number of primary amides is 1. The molecule has 6 atom stereocenters. The number of aromatic nitrogens is 6. The molecule has 0 spiro atoms. The Morgan fingerprint density at radius 2 is 1.34 bits per heavy atom. The molecule has 0 bridgehead atoms. The molecule has 6 heterocycles. The molecule has 0 saturated carbocycles. The number of hydrogen-bond donors (Lipinski definition) is 7. The Labute approximate surface area is 499 Å². The second kappa shape index (κ2) is 37.4. The molecule has 3 aromatic carbocycles. The van der Waals surface area contributed by atoms with Gasteiger partial charge in [-0.25, -0.2) is 0 Å². The van der Waals surface area contributed by atoms with Crippen LogP contribution in [0, 0.1) is 4.91 Å². The number of amides is 5. The number of anilines is 2. The molecule has 25 nitrogen and oxygen atoms in total. The van der Waals surface area contributed by atoms with Gasteiger partial charge in [0.05, 0.1) is 36.8 Å². The fraction of sp³-hybridized carbons (Fsp3) is 0.583. The van der Waals surface area contributed by atoms with Crippen LogP contribution in [0.25, 0.3) is 0 Å². The molecule has 4 saturated heterocycles. The van der Waals surface area contributed by atoms with E-state index in [2.05, 4.69) is 69.6 Å². The van der Waals surface area contributed by atoms with Crippen LogP contribution in [0.2, 0.25) is 0 Å². The van der Waals surface area contributed by atoms with Crippen LogP contribution in [0.15, 0.2) is 94.0 Å². The lowest BCUT2D eigenvalue weighted by atomic mass is 9.99. The lowest BCUT2D eigenvalue weighted by Gasteiger charge is -2.34. The number of likely N-dealkylation sites (N-methyl/N-ethyl adjacent to an activating group) is 2. The molecule has 0 radical (unpaired) electrons. The van der Waals surface area contributed by atoms with Crippen LogP contribution >= 0.6 is 0 Å². The Kier molecular flexibility index (Phi) is 29.9. The number of carbonyl (C=O) groups excluding carboxylic acids is 5. The smallest absolute Gasteiger partial charge is 0.253 e. The summed E-state index contributed by atoms with van der Waals surface area (Å²) in [5.41, 5.74) is 6.68. The second-order valence-corrected chi connectivity index (χ2v) is 21.8. The number of nitrogens with zero attached hydrogens (tertiary/aromatic N) is 10. The van der Waals surface area contributed by atoms with Gasteiger partial charge in [-0.2, -0.15) is 0 Å². The van der Waals surface area contributed by atoms with E-state index < -0.39 is 16.9 Å². The maximum Gasteiger partial charge on any atom is 0.253 e. The summed E-state index contributed by atoms with van der Waals surface area (Å²) in [5, 5.41) is 37.9. The molecule has 9 rings (SSSR count). The van der Waals surface area contributed by atoms with Gasteiger partial charge < -0.3 is 47.4 Å². The van der Waals surface area contributed by atoms with Gasteiger partial charge in [-0.05, 0) is 111 Å². The summed E-state index contributed by atoms with van der Waals surface area (Å²) in [5.74, 6) is 0.128. The van der Waals surface area contributed by atoms with Gasteiger partial charge in [0.1, 0.15) is 34.8 Å². The monoisotopic (exact) mass is 1180 g/mol. The van der Waals surface area contributed by atoms with Gasteiger partial charge in [-0.1, -0.05) is 103 Å². The number of carbonyl (C=O) groups is 5. The van der Waals surface area contributed by atoms with Gasteiger partial charge in [0.2, 0.25) is 30.0 Å². The molecule has 2 aromatic heterocycles. The topological polar surface area (TPSA) is 318 Å². The van der Waals surface area contributed by atoms with Gasteiger partial charge in [0.15, 0.2) is 0 Å². The van der Waals surface area contributed by atoms with Crippen LogP contribution in [-0.4, -0.2) is 152 Å². The van der Waals surface area contributed by atoms with Crippen LogP contribution < -0.4 is 48.5 Å². The maximum atomic E-state index is 12.6. The van der Waals surface area contributed by atoms with Gasteiger partial charge in [0, 0.05) is 64.3 Å². The van der Waals surface area contributed by atoms with Crippen molar-refractivity contribution in [3.63, 3.8) is 0 Å². The highest BCUT2D eigenvalue weighted by atomic mass is 16.3. The van der Waals surface area contributed by atoms with E-state index in [0.29, 0.717) is 85.9 Å². The SMILES string of the molecule is CN(N=O)C(c1ccccc1)c1cn(CCCCNc2c(NCCCCn3cc(CNC=O)nn3)c(=O)c2=O)nn1.CNC(C)C(N)=O.CNCC(=O)NC1CCCCC2CCC(C)N2C1=O.O=C1CCCCCC2CCCN12.c1ccccc1. The predicted molar refractivity (Wildman–Crippen MR) is 327 cm³/mol. The van der Waals surface area contributed by atoms with Crippen molar-refractivity contribution in [2.24, 2.45) is 11.0 Å². The van der Waals surface area contributed by atoms with Crippen molar-refractivity contribution in [2.75, 3.05) is 58.0 Å². The van der Waals surface area contributed by atoms with Crippen LogP contribution in [0.3, 0.4) is 0 Å². The van der Waals surface area contributed by atoms with Crippen LogP contribution in [0.4, 0.5) is 11.4 Å². The van der Waals surface area contributed by atoms with Crippen molar-refractivity contribution in [1.82, 2.24) is 66.1 Å². The Bertz CT molecular complexity index is 2820. The first-order valence-electron chi connectivity index (χ1n) is 30.1. The average Bonchev–Trinajstić information content (AvgIpc) is 4.33. The van der Waals surface area contributed by atoms with Crippen molar-refractivity contribution in [3.8, 4) is 0 Å². The van der Waals surface area contributed by atoms with Crippen LogP contribution in [0.5, 0.6) is 0 Å².